The Morgan fingerprint density at radius 3 is 2.72 bits per heavy atom. The number of carbonyl (C=O) groups excluding carboxylic acids is 1. The normalized spacial score (nSPS) is 26.4. The van der Waals surface area contributed by atoms with Crippen molar-refractivity contribution in [2.45, 2.75) is 38.6 Å². The lowest BCUT2D eigenvalue weighted by molar-refractivity contribution is -0.123. The lowest BCUT2D eigenvalue weighted by Gasteiger charge is -2.28. The van der Waals surface area contributed by atoms with Crippen molar-refractivity contribution in [1.82, 2.24) is 10.6 Å². The highest BCUT2D eigenvalue weighted by Crippen LogP contribution is 2.19. The van der Waals surface area contributed by atoms with Gasteiger partial charge in [0, 0.05) is 25.7 Å². The van der Waals surface area contributed by atoms with Gasteiger partial charge in [-0.3, -0.25) is 4.79 Å². The van der Waals surface area contributed by atoms with E-state index in [1.54, 1.807) is 0 Å². The molecule has 0 aliphatic carbocycles. The second-order valence-electron chi connectivity index (χ2n) is 5.37. The average Bonchev–Trinajstić information content (AvgIpc) is 2.82. The Morgan fingerprint density at radius 2 is 2.11 bits per heavy atom. The molecule has 106 valence electrons. The summed E-state index contributed by atoms with van der Waals surface area (Å²) in [7, 11) is 0. The number of rotatable bonds is 4. The fraction of sp³-hybridized carbons (Fsp3) is 0.923. The molecule has 5 heteroatoms. The van der Waals surface area contributed by atoms with E-state index < -0.39 is 0 Å². The number of nitrogens with one attached hydrogen (secondary N) is 2. The summed E-state index contributed by atoms with van der Waals surface area (Å²) in [4.78, 5) is 11.9. The van der Waals surface area contributed by atoms with Crippen LogP contribution in [0, 0.1) is 11.8 Å². The number of hydrogen-bond donors (Lipinski definition) is 2. The Morgan fingerprint density at radius 1 is 1.39 bits per heavy atom. The highest BCUT2D eigenvalue weighted by atomic mass is 35.5. The fourth-order valence-corrected chi connectivity index (χ4v) is 2.80. The summed E-state index contributed by atoms with van der Waals surface area (Å²) in [5.74, 6) is 1.35. The molecule has 2 heterocycles. The van der Waals surface area contributed by atoms with Crippen molar-refractivity contribution in [2.24, 2.45) is 11.8 Å². The van der Waals surface area contributed by atoms with E-state index in [2.05, 4.69) is 17.6 Å². The van der Waals surface area contributed by atoms with E-state index >= 15 is 0 Å². The Labute approximate surface area is 116 Å². The van der Waals surface area contributed by atoms with E-state index in [4.69, 9.17) is 4.74 Å². The van der Waals surface area contributed by atoms with Crippen LogP contribution in [-0.2, 0) is 9.53 Å². The molecule has 2 rings (SSSR count). The van der Waals surface area contributed by atoms with Crippen LogP contribution < -0.4 is 10.6 Å². The maximum Gasteiger partial charge on any atom is 0.220 e. The largest absolute Gasteiger partial charge is 0.381 e. The molecule has 0 radical (unpaired) electrons. The van der Waals surface area contributed by atoms with E-state index in [0.29, 0.717) is 24.3 Å². The summed E-state index contributed by atoms with van der Waals surface area (Å²) >= 11 is 0. The molecule has 0 aromatic rings. The number of hydrogen-bond acceptors (Lipinski definition) is 3. The van der Waals surface area contributed by atoms with Gasteiger partial charge in [-0.15, -0.1) is 12.4 Å². The SMILES string of the molecule is CC(NC(=O)CC1CCNC1)C1CCOCC1.Cl. The van der Waals surface area contributed by atoms with Crippen LogP contribution in [0.2, 0.25) is 0 Å². The molecule has 2 N–H and O–H groups in total. The van der Waals surface area contributed by atoms with Crippen molar-refractivity contribution in [1.29, 1.82) is 0 Å². The van der Waals surface area contributed by atoms with E-state index in [1.165, 1.54) is 0 Å². The van der Waals surface area contributed by atoms with Crippen molar-refractivity contribution < 1.29 is 9.53 Å². The van der Waals surface area contributed by atoms with Gasteiger partial charge in [-0.1, -0.05) is 0 Å². The van der Waals surface area contributed by atoms with Crippen LogP contribution in [0.25, 0.3) is 0 Å². The van der Waals surface area contributed by atoms with Crippen LogP contribution in [0.1, 0.15) is 32.6 Å². The number of carbonyl (C=O) groups is 1. The molecule has 0 aromatic carbocycles. The van der Waals surface area contributed by atoms with Gasteiger partial charge in [-0.2, -0.15) is 0 Å². The van der Waals surface area contributed by atoms with E-state index in [9.17, 15) is 4.79 Å². The summed E-state index contributed by atoms with van der Waals surface area (Å²) < 4.78 is 5.34. The third kappa shape index (κ3) is 4.75. The van der Waals surface area contributed by atoms with Gasteiger partial charge in [0.15, 0.2) is 0 Å². The van der Waals surface area contributed by atoms with Crippen molar-refractivity contribution in [3.8, 4) is 0 Å². The molecule has 2 fully saturated rings. The van der Waals surface area contributed by atoms with Gasteiger partial charge in [-0.25, -0.2) is 0 Å². The van der Waals surface area contributed by atoms with Crippen LogP contribution in [-0.4, -0.2) is 38.3 Å². The van der Waals surface area contributed by atoms with Crippen LogP contribution in [0.3, 0.4) is 0 Å². The highest BCUT2D eigenvalue weighted by Gasteiger charge is 2.23. The second-order valence-corrected chi connectivity index (χ2v) is 5.37. The minimum absolute atomic E-state index is 0. The summed E-state index contributed by atoms with van der Waals surface area (Å²) in [6.07, 6.45) is 3.97. The highest BCUT2D eigenvalue weighted by molar-refractivity contribution is 5.85. The van der Waals surface area contributed by atoms with Crippen molar-refractivity contribution in [3.63, 3.8) is 0 Å². The Bertz CT molecular complexity index is 251. The first kappa shape index (κ1) is 15.7. The van der Waals surface area contributed by atoms with E-state index in [0.717, 1.165) is 45.6 Å². The number of halogens is 1. The summed E-state index contributed by atoms with van der Waals surface area (Å²) in [6.45, 7) is 5.88. The zero-order chi connectivity index (χ0) is 12.1. The molecule has 4 nitrogen and oxygen atoms in total. The molecule has 2 saturated heterocycles. The number of amides is 1. The van der Waals surface area contributed by atoms with Gasteiger partial charge < -0.3 is 15.4 Å². The second kappa shape index (κ2) is 7.97. The lowest BCUT2D eigenvalue weighted by Crippen LogP contribution is -2.41. The van der Waals surface area contributed by atoms with Crippen LogP contribution in [0.15, 0.2) is 0 Å². The Hall–Kier alpha value is -0.320. The molecule has 2 aliphatic heterocycles. The third-order valence-electron chi connectivity index (χ3n) is 4.00. The van der Waals surface area contributed by atoms with Crippen LogP contribution >= 0.6 is 12.4 Å². The van der Waals surface area contributed by atoms with E-state index in [-0.39, 0.29) is 18.3 Å². The fourth-order valence-electron chi connectivity index (χ4n) is 2.80. The van der Waals surface area contributed by atoms with Crippen LogP contribution in [0.4, 0.5) is 0 Å². The monoisotopic (exact) mass is 276 g/mol. The molecule has 1 amide bonds. The first-order valence-corrected chi connectivity index (χ1v) is 6.83. The first-order chi connectivity index (χ1) is 8.25. The van der Waals surface area contributed by atoms with Crippen LogP contribution in [0.5, 0.6) is 0 Å². The minimum atomic E-state index is 0. The smallest absolute Gasteiger partial charge is 0.220 e. The van der Waals surface area contributed by atoms with Gasteiger partial charge in [0.25, 0.3) is 0 Å². The minimum Gasteiger partial charge on any atom is -0.381 e. The molecule has 2 atom stereocenters. The van der Waals surface area contributed by atoms with Gasteiger partial charge in [0.1, 0.15) is 0 Å². The number of ether oxygens (including phenoxy) is 1. The summed E-state index contributed by atoms with van der Waals surface area (Å²) in [6, 6.07) is 0.292. The summed E-state index contributed by atoms with van der Waals surface area (Å²) in [5, 5.41) is 6.45. The Balaban J connectivity index is 0.00000162. The van der Waals surface area contributed by atoms with Gasteiger partial charge in [-0.05, 0) is 51.1 Å². The first-order valence-electron chi connectivity index (χ1n) is 6.83. The molecule has 18 heavy (non-hydrogen) atoms. The summed E-state index contributed by atoms with van der Waals surface area (Å²) in [5.41, 5.74) is 0. The Kier molecular flexibility index (Phi) is 6.97. The van der Waals surface area contributed by atoms with Crippen molar-refractivity contribution >= 4 is 18.3 Å². The predicted octanol–water partition coefficient (Wildman–Crippen LogP) is 1.34. The standard InChI is InChI=1S/C13H24N2O2.ClH/c1-10(12-3-6-17-7-4-12)15-13(16)8-11-2-5-14-9-11;/h10-12,14H,2-9H2,1H3,(H,15,16);1H. The lowest BCUT2D eigenvalue weighted by atomic mass is 9.92. The zero-order valence-electron chi connectivity index (χ0n) is 11.1. The molecular formula is C13H25ClN2O2. The molecule has 0 spiro atoms. The average molecular weight is 277 g/mol. The van der Waals surface area contributed by atoms with Crippen molar-refractivity contribution in [3.05, 3.63) is 0 Å². The maximum absolute atomic E-state index is 11.9. The molecule has 0 aromatic heterocycles. The molecule has 0 bridgehead atoms. The topological polar surface area (TPSA) is 50.4 Å². The molecular weight excluding hydrogens is 252 g/mol. The predicted molar refractivity (Wildman–Crippen MR) is 74.0 cm³/mol. The molecule has 2 aliphatic rings. The quantitative estimate of drug-likeness (QED) is 0.815. The molecule has 2 unspecified atom stereocenters. The zero-order valence-corrected chi connectivity index (χ0v) is 11.9. The molecule has 0 saturated carbocycles. The van der Waals surface area contributed by atoms with Crippen molar-refractivity contribution in [2.75, 3.05) is 26.3 Å². The third-order valence-corrected chi connectivity index (χ3v) is 4.00. The van der Waals surface area contributed by atoms with E-state index in [1.807, 2.05) is 0 Å². The van der Waals surface area contributed by atoms with Gasteiger partial charge in [0.2, 0.25) is 5.91 Å². The maximum atomic E-state index is 11.9. The van der Waals surface area contributed by atoms with Gasteiger partial charge in [0.05, 0.1) is 0 Å². The van der Waals surface area contributed by atoms with Gasteiger partial charge >= 0.3 is 0 Å².